The van der Waals surface area contributed by atoms with Crippen LogP contribution >= 0.6 is 0 Å². The second-order valence-electron chi connectivity index (χ2n) is 10.0. The minimum atomic E-state index is -0.736. The lowest BCUT2D eigenvalue weighted by Gasteiger charge is -2.37. The van der Waals surface area contributed by atoms with Gasteiger partial charge in [-0.05, 0) is 55.7 Å². The van der Waals surface area contributed by atoms with Crippen molar-refractivity contribution in [2.24, 2.45) is 5.92 Å². The number of hydrogen-bond acceptors (Lipinski definition) is 6. The summed E-state index contributed by atoms with van der Waals surface area (Å²) in [5, 5.41) is 15.7. The lowest BCUT2D eigenvalue weighted by Crippen LogP contribution is -2.50. The van der Waals surface area contributed by atoms with Crippen LogP contribution < -0.4 is 15.5 Å². The maximum atomic E-state index is 14.9. The van der Waals surface area contributed by atoms with Crippen molar-refractivity contribution >= 4 is 11.6 Å². The van der Waals surface area contributed by atoms with Gasteiger partial charge in [0.2, 0.25) is 5.91 Å². The molecule has 1 amide bonds. The number of carbonyl (C=O) groups excluding carboxylic acids is 1. The number of amides is 1. The van der Waals surface area contributed by atoms with Gasteiger partial charge in [0, 0.05) is 57.5 Å². The molecule has 1 aromatic rings. The standard InChI is InChI=1S/C25H34FN5O2/c26-23-14-21(31-9-7-30(8-10-31)16-22-2-1-11-33-22)6-4-17(23)12-20(15-27)29-25(32)24-18-3-5-19(13-18)28-24/h4,6,14,18-20,22,24,28H,1-3,5,7-13,16H2,(H,29,32). The lowest BCUT2D eigenvalue weighted by atomic mass is 9.98. The molecule has 0 aromatic heterocycles. The van der Waals surface area contributed by atoms with E-state index in [0.717, 1.165) is 77.1 Å². The maximum absolute atomic E-state index is 14.9. The van der Waals surface area contributed by atoms with E-state index >= 15 is 0 Å². The molecule has 1 saturated carbocycles. The molecule has 0 spiro atoms. The zero-order valence-electron chi connectivity index (χ0n) is 19.1. The first-order valence-electron chi connectivity index (χ1n) is 12.4. The molecular formula is C25H34FN5O2. The molecule has 8 heteroatoms. The van der Waals surface area contributed by atoms with Crippen molar-refractivity contribution in [2.45, 2.75) is 62.8 Å². The summed E-state index contributed by atoms with van der Waals surface area (Å²) in [6, 6.07) is 6.87. The van der Waals surface area contributed by atoms with Gasteiger partial charge >= 0.3 is 0 Å². The number of rotatable bonds is 7. The van der Waals surface area contributed by atoms with Gasteiger partial charge in [0.05, 0.1) is 18.2 Å². The van der Waals surface area contributed by atoms with Gasteiger partial charge in [-0.2, -0.15) is 5.26 Å². The number of nitrogens with zero attached hydrogens (tertiary/aromatic N) is 3. The van der Waals surface area contributed by atoms with Crippen LogP contribution in [0.4, 0.5) is 10.1 Å². The van der Waals surface area contributed by atoms with E-state index in [-0.39, 0.29) is 24.2 Å². The number of piperidine rings is 1. The highest BCUT2D eigenvalue weighted by Crippen LogP contribution is 2.35. The van der Waals surface area contributed by atoms with Gasteiger partial charge in [-0.3, -0.25) is 9.69 Å². The summed E-state index contributed by atoms with van der Waals surface area (Å²) < 4.78 is 20.7. The SMILES string of the molecule is N#CC(Cc1ccc(N2CCN(CC3CCCO3)CC2)cc1F)NC(=O)C1NC2CCC1C2. The summed E-state index contributed by atoms with van der Waals surface area (Å²) in [7, 11) is 0. The molecule has 1 aromatic carbocycles. The second kappa shape index (κ2) is 9.96. The molecule has 3 saturated heterocycles. The van der Waals surface area contributed by atoms with Crippen LogP contribution in [0.3, 0.4) is 0 Å². The highest BCUT2D eigenvalue weighted by Gasteiger charge is 2.43. The molecule has 4 aliphatic rings. The Hall–Kier alpha value is -2.21. The highest BCUT2D eigenvalue weighted by molar-refractivity contribution is 5.83. The largest absolute Gasteiger partial charge is 0.377 e. The molecule has 5 unspecified atom stereocenters. The maximum Gasteiger partial charge on any atom is 0.238 e. The fraction of sp³-hybridized carbons (Fsp3) is 0.680. The van der Waals surface area contributed by atoms with E-state index < -0.39 is 6.04 Å². The number of nitrogens with one attached hydrogen (secondary N) is 2. The summed E-state index contributed by atoms with van der Waals surface area (Å²) in [6.07, 6.45) is 6.06. The number of hydrogen-bond donors (Lipinski definition) is 2. The van der Waals surface area contributed by atoms with Crippen LogP contribution in [0, 0.1) is 23.1 Å². The Labute approximate surface area is 195 Å². The monoisotopic (exact) mass is 455 g/mol. The first-order chi connectivity index (χ1) is 16.1. The summed E-state index contributed by atoms with van der Waals surface area (Å²) in [4.78, 5) is 17.3. The number of benzene rings is 1. The highest BCUT2D eigenvalue weighted by atomic mass is 19.1. The summed E-state index contributed by atoms with van der Waals surface area (Å²) >= 11 is 0. The molecule has 33 heavy (non-hydrogen) atoms. The third-order valence-electron chi connectivity index (χ3n) is 7.80. The van der Waals surface area contributed by atoms with Gasteiger partial charge in [0.25, 0.3) is 0 Å². The smallest absolute Gasteiger partial charge is 0.238 e. The number of ether oxygens (including phenoxy) is 1. The Morgan fingerprint density at radius 2 is 2.12 bits per heavy atom. The van der Waals surface area contributed by atoms with Crippen LogP contribution in [-0.2, 0) is 16.0 Å². The molecule has 5 atom stereocenters. The first kappa shape index (κ1) is 22.6. The number of piperazine rings is 1. The first-order valence-corrected chi connectivity index (χ1v) is 12.4. The second-order valence-corrected chi connectivity index (χ2v) is 10.0. The normalized spacial score (nSPS) is 30.4. The van der Waals surface area contributed by atoms with E-state index in [0.29, 0.717) is 23.6 Å². The molecular weight excluding hydrogens is 421 g/mol. The van der Waals surface area contributed by atoms with Gasteiger partial charge in [0.1, 0.15) is 11.9 Å². The van der Waals surface area contributed by atoms with Crippen LogP contribution in [0.5, 0.6) is 0 Å². The number of anilines is 1. The average molecular weight is 456 g/mol. The van der Waals surface area contributed by atoms with Gasteiger partial charge in [-0.25, -0.2) is 4.39 Å². The molecule has 3 heterocycles. The third kappa shape index (κ3) is 5.16. The topological polar surface area (TPSA) is 80.6 Å². The number of fused-ring (bicyclic) bond motifs is 2. The van der Waals surface area contributed by atoms with E-state index in [4.69, 9.17) is 4.74 Å². The fourth-order valence-electron chi connectivity index (χ4n) is 5.92. The van der Waals surface area contributed by atoms with Crippen molar-refractivity contribution in [1.29, 1.82) is 5.26 Å². The third-order valence-corrected chi connectivity index (χ3v) is 7.80. The van der Waals surface area contributed by atoms with Crippen LogP contribution in [0.15, 0.2) is 18.2 Å². The van der Waals surface area contributed by atoms with Gasteiger partial charge < -0.3 is 20.3 Å². The van der Waals surface area contributed by atoms with E-state index in [1.165, 1.54) is 0 Å². The van der Waals surface area contributed by atoms with Gasteiger partial charge in [0.15, 0.2) is 0 Å². The van der Waals surface area contributed by atoms with Crippen molar-refractivity contribution in [2.75, 3.05) is 44.2 Å². The molecule has 2 N–H and O–H groups in total. The quantitative estimate of drug-likeness (QED) is 0.653. The fourth-order valence-corrected chi connectivity index (χ4v) is 5.92. The van der Waals surface area contributed by atoms with Crippen LogP contribution in [-0.4, -0.2) is 74.4 Å². The van der Waals surface area contributed by atoms with Crippen molar-refractivity contribution in [3.63, 3.8) is 0 Å². The lowest BCUT2D eigenvalue weighted by molar-refractivity contribution is -0.124. The van der Waals surface area contributed by atoms with Crippen LogP contribution in [0.2, 0.25) is 0 Å². The van der Waals surface area contributed by atoms with Crippen LogP contribution in [0.1, 0.15) is 37.7 Å². The Bertz CT molecular complexity index is 891. The summed E-state index contributed by atoms with van der Waals surface area (Å²) in [5.74, 6) is -0.0926. The Balaban J connectivity index is 1.13. The molecule has 3 aliphatic heterocycles. The van der Waals surface area contributed by atoms with Gasteiger partial charge in [-0.1, -0.05) is 6.07 Å². The predicted octanol–water partition coefficient (Wildman–Crippen LogP) is 1.82. The van der Waals surface area contributed by atoms with Crippen molar-refractivity contribution < 1.29 is 13.9 Å². The van der Waals surface area contributed by atoms with E-state index in [9.17, 15) is 14.4 Å². The Morgan fingerprint density at radius 1 is 1.27 bits per heavy atom. The molecule has 178 valence electrons. The summed E-state index contributed by atoms with van der Waals surface area (Å²) in [6.45, 7) is 5.48. The van der Waals surface area contributed by atoms with E-state index in [1.54, 1.807) is 12.1 Å². The van der Waals surface area contributed by atoms with E-state index in [2.05, 4.69) is 26.5 Å². The number of carbonyl (C=O) groups is 1. The van der Waals surface area contributed by atoms with Crippen molar-refractivity contribution in [3.05, 3.63) is 29.6 Å². The minimum Gasteiger partial charge on any atom is -0.377 e. The molecule has 1 aliphatic carbocycles. The predicted molar refractivity (Wildman–Crippen MR) is 123 cm³/mol. The molecule has 2 bridgehead atoms. The number of halogens is 1. The Morgan fingerprint density at radius 3 is 2.76 bits per heavy atom. The molecule has 0 radical (unpaired) electrons. The van der Waals surface area contributed by atoms with Crippen molar-refractivity contribution in [3.8, 4) is 6.07 Å². The number of nitriles is 1. The van der Waals surface area contributed by atoms with Crippen molar-refractivity contribution in [1.82, 2.24) is 15.5 Å². The summed E-state index contributed by atoms with van der Waals surface area (Å²) in [5.41, 5.74) is 1.33. The molecule has 7 nitrogen and oxygen atoms in total. The van der Waals surface area contributed by atoms with Gasteiger partial charge in [-0.15, -0.1) is 0 Å². The average Bonchev–Trinajstić information content (AvgIpc) is 3.59. The van der Waals surface area contributed by atoms with Crippen LogP contribution in [0.25, 0.3) is 0 Å². The minimum absolute atomic E-state index is 0.133. The molecule has 4 fully saturated rings. The zero-order valence-corrected chi connectivity index (χ0v) is 19.1. The molecule has 5 rings (SSSR count). The zero-order chi connectivity index (χ0) is 22.8. The van der Waals surface area contributed by atoms with E-state index in [1.807, 2.05) is 6.07 Å². The Kier molecular flexibility index (Phi) is 6.81.